The highest BCUT2D eigenvalue weighted by Crippen LogP contribution is 2.50. The zero-order valence-corrected chi connectivity index (χ0v) is 11.7. The molecule has 2 aliphatic carbocycles. The lowest BCUT2D eigenvalue weighted by atomic mass is 9.86. The Kier molecular flexibility index (Phi) is 3.34. The first-order valence-electron chi connectivity index (χ1n) is 7.61. The number of hydrogen-bond donors (Lipinski definition) is 2. The third-order valence-corrected chi connectivity index (χ3v) is 5.68. The van der Waals surface area contributed by atoms with Gasteiger partial charge in [-0.1, -0.05) is 6.42 Å². The van der Waals surface area contributed by atoms with Crippen molar-refractivity contribution in [1.82, 2.24) is 4.90 Å². The van der Waals surface area contributed by atoms with Crippen molar-refractivity contribution in [1.29, 1.82) is 0 Å². The Morgan fingerprint density at radius 1 is 1.37 bits per heavy atom. The van der Waals surface area contributed by atoms with E-state index in [4.69, 9.17) is 0 Å². The van der Waals surface area contributed by atoms with E-state index >= 15 is 0 Å². The van der Waals surface area contributed by atoms with Crippen LogP contribution in [0.15, 0.2) is 0 Å². The molecule has 1 heterocycles. The third-order valence-electron chi connectivity index (χ3n) is 5.68. The number of nitrogens with zero attached hydrogens (tertiary/aromatic N) is 1. The molecule has 1 saturated heterocycles. The van der Waals surface area contributed by atoms with E-state index in [1.165, 1.54) is 25.7 Å². The summed E-state index contributed by atoms with van der Waals surface area (Å²) in [4.78, 5) is 14.2. The molecule has 2 N–H and O–H groups in total. The fourth-order valence-corrected chi connectivity index (χ4v) is 4.63. The molecule has 2 saturated carbocycles. The van der Waals surface area contributed by atoms with Gasteiger partial charge in [0.25, 0.3) is 0 Å². The first kappa shape index (κ1) is 13.4. The standard InChI is InChI=1S/C15H25NO3/c1-15(9-17)7-13(18)8-16(15)14(19)6-12-5-10-2-3-11(12)4-10/h10-13,17-18H,2-9H2,1H3. The second-order valence-corrected chi connectivity index (χ2v) is 7.16. The van der Waals surface area contributed by atoms with Gasteiger partial charge in [0, 0.05) is 19.4 Å². The van der Waals surface area contributed by atoms with Crippen LogP contribution in [0.4, 0.5) is 0 Å². The Balaban J connectivity index is 1.64. The summed E-state index contributed by atoms with van der Waals surface area (Å²) in [7, 11) is 0. The molecule has 0 aromatic rings. The molecule has 3 fully saturated rings. The third kappa shape index (κ3) is 2.29. The monoisotopic (exact) mass is 267 g/mol. The number of carbonyl (C=O) groups excluding carboxylic acids is 1. The highest BCUT2D eigenvalue weighted by atomic mass is 16.3. The van der Waals surface area contributed by atoms with Gasteiger partial charge in [0.15, 0.2) is 0 Å². The molecule has 5 unspecified atom stereocenters. The summed E-state index contributed by atoms with van der Waals surface area (Å²) >= 11 is 0. The molecule has 4 nitrogen and oxygen atoms in total. The van der Waals surface area contributed by atoms with E-state index in [9.17, 15) is 15.0 Å². The van der Waals surface area contributed by atoms with Crippen LogP contribution in [-0.4, -0.2) is 45.8 Å². The highest BCUT2D eigenvalue weighted by Gasteiger charge is 2.46. The van der Waals surface area contributed by atoms with Crippen LogP contribution in [0.3, 0.4) is 0 Å². The van der Waals surface area contributed by atoms with E-state index in [-0.39, 0.29) is 12.5 Å². The minimum absolute atomic E-state index is 0.0630. The number of amides is 1. The summed E-state index contributed by atoms with van der Waals surface area (Å²) in [5.41, 5.74) is -0.561. The molecule has 0 spiro atoms. The first-order chi connectivity index (χ1) is 9.01. The number of β-amino-alcohol motifs (C(OH)–C–C–N with tert-alkyl or cyclic N) is 1. The molecule has 0 aromatic heterocycles. The van der Waals surface area contributed by atoms with Crippen LogP contribution in [0.5, 0.6) is 0 Å². The molecule has 0 aromatic carbocycles. The molecule has 19 heavy (non-hydrogen) atoms. The lowest BCUT2D eigenvalue weighted by Gasteiger charge is -2.34. The summed E-state index contributed by atoms with van der Waals surface area (Å²) in [5, 5.41) is 19.3. The number of rotatable bonds is 3. The Bertz CT molecular complexity index is 372. The average Bonchev–Trinajstić information content (AvgIpc) is 3.04. The summed E-state index contributed by atoms with van der Waals surface area (Å²) in [5.74, 6) is 2.29. The predicted octanol–water partition coefficient (Wildman–Crippen LogP) is 1.16. The number of carbonyl (C=O) groups is 1. The zero-order chi connectivity index (χ0) is 13.6. The fraction of sp³-hybridized carbons (Fsp3) is 0.933. The van der Waals surface area contributed by atoms with Crippen molar-refractivity contribution in [2.24, 2.45) is 17.8 Å². The van der Waals surface area contributed by atoms with E-state index in [1.807, 2.05) is 6.92 Å². The minimum Gasteiger partial charge on any atom is -0.394 e. The van der Waals surface area contributed by atoms with Crippen molar-refractivity contribution < 1.29 is 15.0 Å². The van der Waals surface area contributed by atoms with Crippen LogP contribution in [0, 0.1) is 17.8 Å². The summed E-state index contributed by atoms with van der Waals surface area (Å²) in [6, 6.07) is 0. The maximum atomic E-state index is 12.5. The quantitative estimate of drug-likeness (QED) is 0.806. The van der Waals surface area contributed by atoms with Crippen molar-refractivity contribution in [3.8, 4) is 0 Å². The van der Waals surface area contributed by atoms with Gasteiger partial charge in [0.1, 0.15) is 0 Å². The SMILES string of the molecule is CC1(CO)CC(O)CN1C(=O)CC1CC2CCC1C2. The largest absolute Gasteiger partial charge is 0.394 e. The Morgan fingerprint density at radius 3 is 2.74 bits per heavy atom. The second-order valence-electron chi connectivity index (χ2n) is 7.16. The summed E-state index contributed by atoms with van der Waals surface area (Å²) in [6.07, 6.45) is 5.80. The summed E-state index contributed by atoms with van der Waals surface area (Å²) in [6.45, 7) is 2.20. The average molecular weight is 267 g/mol. The van der Waals surface area contributed by atoms with E-state index < -0.39 is 11.6 Å². The number of aliphatic hydroxyl groups excluding tert-OH is 2. The molecule has 3 rings (SSSR count). The second kappa shape index (κ2) is 4.74. The van der Waals surface area contributed by atoms with Crippen molar-refractivity contribution >= 4 is 5.91 Å². The fourth-order valence-electron chi connectivity index (χ4n) is 4.63. The van der Waals surface area contributed by atoms with Gasteiger partial charge in [0.05, 0.1) is 18.2 Å². The van der Waals surface area contributed by atoms with Crippen LogP contribution in [0.2, 0.25) is 0 Å². The normalized spacial score (nSPS) is 45.1. The van der Waals surface area contributed by atoms with E-state index in [0.717, 1.165) is 11.8 Å². The molecule has 3 aliphatic rings. The van der Waals surface area contributed by atoms with Gasteiger partial charge < -0.3 is 15.1 Å². The molecule has 2 bridgehead atoms. The Morgan fingerprint density at radius 2 is 2.16 bits per heavy atom. The van der Waals surface area contributed by atoms with Gasteiger partial charge >= 0.3 is 0 Å². The van der Waals surface area contributed by atoms with Gasteiger partial charge in [-0.3, -0.25) is 4.79 Å². The van der Waals surface area contributed by atoms with Gasteiger partial charge in [-0.15, -0.1) is 0 Å². The zero-order valence-electron chi connectivity index (χ0n) is 11.7. The van der Waals surface area contributed by atoms with E-state index in [0.29, 0.717) is 25.3 Å². The molecule has 4 heteroatoms. The number of fused-ring (bicyclic) bond motifs is 2. The molecule has 1 amide bonds. The van der Waals surface area contributed by atoms with E-state index in [2.05, 4.69) is 0 Å². The van der Waals surface area contributed by atoms with Gasteiger partial charge in [0.2, 0.25) is 5.91 Å². The van der Waals surface area contributed by atoms with Crippen LogP contribution >= 0.6 is 0 Å². The molecule has 0 radical (unpaired) electrons. The summed E-state index contributed by atoms with van der Waals surface area (Å²) < 4.78 is 0. The maximum absolute atomic E-state index is 12.5. The number of aliphatic hydroxyl groups is 2. The van der Waals surface area contributed by atoms with Crippen LogP contribution in [0.1, 0.15) is 45.4 Å². The van der Waals surface area contributed by atoms with Crippen molar-refractivity contribution in [2.45, 2.75) is 57.1 Å². The molecule has 1 aliphatic heterocycles. The van der Waals surface area contributed by atoms with Crippen molar-refractivity contribution in [3.05, 3.63) is 0 Å². The molecule has 5 atom stereocenters. The van der Waals surface area contributed by atoms with Crippen molar-refractivity contribution in [3.63, 3.8) is 0 Å². The van der Waals surface area contributed by atoms with Gasteiger partial charge in [-0.2, -0.15) is 0 Å². The smallest absolute Gasteiger partial charge is 0.223 e. The molecular formula is C15H25NO3. The highest BCUT2D eigenvalue weighted by molar-refractivity contribution is 5.78. The van der Waals surface area contributed by atoms with E-state index in [1.54, 1.807) is 4.90 Å². The number of likely N-dealkylation sites (tertiary alicyclic amines) is 1. The van der Waals surface area contributed by atoms with Crippen LogP contribution in [0.25, 0.3) is 0 Å². The minimum atomic E-state index is -0.561. The lowest BCUT2D eigenvalue weighted by Crippen LogP contribution is -2.48. The molecular weight excluding hydrogens is 242 g/mol. The Labute approximate surface area is 114 Å². The van der Waals surface area contributed by atoms with Gasteiger partial charge in [-0.25, -0.2) is 0 Å². The topological polar surface area (TPSA) is 60.8 Å². The van der Waals surface area contributed by atoms with Crippen molar-refractivity contribution in [2.75, 3.05) is 13.2 Å². The lowest BCUT2D eigenvalue weighted by molar-refractivity contribution is -0.137. The van der Waals surface area contributed by atoms with Crippen LogP contribution < -0.4 is 0 Å². The van der Waals surface area contributed by atoms with Gasteiger partial charge in [-0.05, 0) is 43.9 Å². The number of hydrogen-bond acceptors (Lipinski definition) is 3. The Hall–Kier alpha value is -0.610. The molecule has 108 valence electrons. The maximum Gasteiger partial charge on any atom is 0.223 e. The van der Waals surface area contributed by atoms with Crippen LogP contribution in [-0.2, 0) is 4.79 Å². The first-order valence-corrected chi connectivity index (χ1v) is 7.61. The predicted molar refractivity (Wildman–Crippen MR) is 71.4 cm³/mol.